The van der Waals surface area contributed by atoms with Crippen LogP contribution in [0.2, 0.25) is 0 Å². The first-order chi connectivity index (χ1) is 13.7. The minimum atomic E-state index is -0.434. The number of amides is 1. The van der Waals surface area contributed by atoms with Crippen LogP contribution >= 0.6 is 0 Å². The van der Waals surface area contributed by atoms with E-state index in [4.69, 9.17) is 9.47 Å². The molecule has 2 atom stereocenters. The molecule has 1 aromatic heterocycles. The molecule has 1 N–H and O–H groups in total. The average molecular weight is 380 g/mol. The Bertz CT molecular complexity index is 785. The topological polar surface area (TPSA) is 60.5 Å². The third kappa shape index (κ3) is 3.76. The van der Waals surface area contributed by atoms with E-state index in [9.17, 15) is 4.79 Å². The monoisotopic (exact) mass is 380 g/mol. The zero-order chi connectivity index (χ0) is 19.4. The molecule has 1 saturated heterocycles. The zero-order valence-corrected chi connectivity index (χ0v) is 16.4. The SMILES string of the molecule is COc1ccc(C2(C(=O)N[C@@H]3COC[C@H]3Cc3ccncc3)CCCC2)cc1. The number of nitrogens with one attached hydrogen (secondary N) is 1. The van der Waals surface area contributed by atoms with Crippen molar-refractivity contribution in [2.45, 2.75) is 43.6 Å². The predicted octanol–water partition coefficient (Wildman–Crippen LogP) is 3.28. The van der Waals surface area contributed by atoms with Crippen molar-refractivity contribution < 1.29 is 14.3 Å². The summed E-state index contributed by atoms with van der Waals surface area (Å²) in [6.07, 6.45) is 8.48. The smallest absolute Gasteiger partial charge is 0.230 e. The van der Waals surface area contributed by atoms with Crippen molar-refractivity contribution in [3.05, 3.63) is 59.9 Å². The molecule has 2 fully saturated rings. The third-order valence-electron chi connectivity index (χ3n) is 6.30. The number of carbonyl (C=O) groups excluding carboxylic acids is 1. The molecule has 1 aliphatic carbocycles. The highest BCUT2D eigenvalue weighted by Crippen LogP contribution is 2.42. The molecule has 1 aromatic carbocycles. The predicted molar refractivity (Wildman–Crippen MR) is 107 cm³/mol. The minimum absolute atomic E-state index is 0.0522. The molecule has 1 amide bonds. The van der Waals surface area contributed by atoms with Crippen molar-refractivity contribution >= 4 is 5.91 Å². The molecular formula is C23H28N2O3. The minimum Gasteiger partial charge on any atom is -0.497 e. The largest absolute Gasteiger partial charge is 0.497 e. The second kappa shape index (κ2) is 8.31. The first kappa shape index (κ1) is 18.9. The number of benzene rings is 1. The van der Waals surface area contributed by atoms with Gasteiger partial charge in [0.1, 0.15) is 5.75 Å². The summed E-state index contributed by atoms with van der Waals surface area (Å²) in [6, 6.07) is 12.1. The lowest BCUT2D eigenvalue weighted by molar-refractivity contribution is -0.127. The number of methoxy groups -OCH3 is 1. The van der Waals surface area contributed by atoms with E-state index < -0.39 is 5.41 Å². The van der Waals surface area contributed by atoms with E-state index in [1.807, 2.05) is 48.8 Å². The molecule has 2 heterocycles. The lowest BCUT2D eigenvalue weighted by Gasteiger charge is -2.31. The maximum absolute atomic E-state index is 13.5. The van der Waals surface area contributed by atoms with Crippen LogP contribution in [-0.4, -0.2) is 37.3 Å². The van der Waals surface area contributed by atoms with E-state index in [1.165, 1.54) is 5.56 Å². The Labute approximate surface area is 166 Å². The van der Waals surface area contributed by atoms with Crippen LogP contribution in [0.1, 0.15) is 36.8 Å². The normalized spacial score (nSPS) is 23.5. The molecule has 5 heteroatoms. The first-order valence-electron chi connectivity index (χ1n) is 10.1. The van der Waals surface area contributed by atoms with Crippen LogP contribution in [0.25, 0.3) is 0 Å². The Morgan fingerprint density at radius 1 is 1.14 bits per heavy atom. The van der Waals surface area contributed by atoms with Crippen molar-refractivity contribution in [2.75, 3.05) is 20.3 Å². The number of hydrogen-bond donors (Lipinski definition) is 1. The number of hydrogen-bond acceptors (Lipinski definition) is 4. The van der Waals surface area contributed by atoms with Gasteiger partial charge in [-0.25, -0.2) is 0 Å². The summed E-state index contributed by atoms with van der Waals surface area (Å²) in [7, 11) is 1.66. The molecule has 2 aromatic rings. The molecule has 0 bridgehead atoms. The van der Waals surface area contributed by atoms with Crippen molar-refractivity contribution in [1.82, 2.24) is 10.3 Å². The number of aromatic nitrogens is 1. The van der Waals surface area contributed by atoms with Gasteiger partial charge in [0.2, 0.25) is 5.91 Å². The molecule has 4 rings (SSSR count). The van der Waals surface area contributed by atoms with Crippen LogP contribution in [0.3, 0.4) is 0 Å². The fourth-order valence-corrected chi connectivity index (χ4v) is 4.62. The van der Waals surface area contributed by atoms with Crippen LogP contribution in [0, 0.1) is 5.92 Å². The maximum Gasteiger partial charge on any atom is 0.230 e. The van der Waals surface area contributed by atoms with E-state index in [0.717, 1.165) is 43.4 Å². The van der Waals surface area contributed by atoms with Gasteiger partial charge in [0.05, 0.1) is 31.8 Å². The summed E-state index contributed by atoms with van der Waals surface area (Å²) in [4.78, 5) is 17.6. The molecule has 0 spiro atoms. The highest BCUT2D eigenvalue weighted by atomic mass is 16.5. The van der Waals surface area contributed by atoms with Gasteiger partial charge in [-0.05, 0) is 54.7 Å². The van der Waals surface area contributed by atoms with Crippen molar-refractivity contribution in [2.24, 2.45) is 5.92 Å². The van der Waals surface area contributed by atoms with Crippen LogP contribution in [-0.2, 0) is 21.4 Å². The fourth-order valence-electron chi connectivity index (χ4n) is 4.62. The van der Waals surface area contributed by atoms with Gasteiger partial charge in [-0.15, -0.1) is 0 Å². The van der Waals surface area contributed by atoms with Gasteiger partial charge in [-0.2, -0.15) is 0 Å². The zero-order valence-electron chi connectivity index (χ0n) is 16.4. The van der Waals surface area contributed by atoms with Crippen LogP contribution < -0.4 is 10.1 Å². The number of rotatable bonds is 6. The Balaban J connectivity index is 1.49. The lowest BCUT2D eigenvalue weighted by Crippen LogP contribution is -2.49. The van der Waals surface area contributed by atoms with E-state index in [-0.39, 0.29) is 11.9 Å². The molecule has 1 saturated carbocycles. The van der Waals surface area contributed by atoms with Gasteiger partial charge in [-0.3, -0.25) is 9.78 Å². The van der Waals surface area contributed by atoms with Gasteiger partial charge < -0.3 is 14.8 Å². The van der Waals surface area contributed by atoms with Gasteiger partial charge in [-0.1, -0.05) is 25.0 Å². The molecule has 1 aliphatic heterocycles. The molecule has 0 unspecified atom stereocenters. The van der Waals surface area contributed by atoms with E-state index in [0.29, 0.717) is 19.1 Å². The summed E-state index contributed by atoms with van der Waals surface area (Å²) >= 11 is 0. The van der Waals surface area contributed by atoms with Gasteiger partial charge in [0.15, 0.2) is 0 Å². The first-order valence-corrected chi connectivity index (χ1v) is 10.1. The second-order valence-corrected chi connectivity index (χ2v) is 7.95. The third-order valence-corrected chi connectivity index (χ3v) is 6.30. The van der Waals surface area contributed by atoms with Gasteiger partial charge in [0, 0.05) is 18.3 Å². The number of ether oxygens (including phenoxy) is 2. The summed E-state index contributed by atoms with van der Waals surface area (Å²) in [5.74, 6) is 1.25. The number of nitrogens with zero attached hydrogens (tertiary/aromatic N) is 1. The molecule has 148 valence electrons. The summed E-state index contributed by atoms with van der Waals surface area (Å²) in [6.45, 7) is 1.27. The van der Waals surface area contributed by atoms with Crippen LogP contribution in [0.4, 0.5) is 0 Å². The Hall–Kier alpha value is -2.40. The lowest BCUT2D eigenvalue weighted by atomic mass is 9.77. The van der Waals surface area contributed by atoms with Crippen LogP contribution in [0.15, 0.2) is 48.8 Å². The van der Waals surface area contributed by atoms with E-state index in [1.54, 1.807) is 7.11 Å². The summed E-state index contributed by atoms with van der Waals surface area (Å²) in [5, 5.41) is 3.35. The van der Waals surface area contributed by atoms with E-state index >= 15 is 0 Å². The molecule has 0 radical (unpaired) electrons. The highest BCUT2D eigenvalue weighted by molar-refractivity contribution is 5.89. The van der Waals surface area contributed by atoms with Crippen molar-refractivity contribution in [3.63, 3.8) is 0 Å². The van der Waals surface area contributed by atoms with Crippen molar-refractivity contribution in [3.8, 4) is 5.75 Å². The van der Waals surface area contributed by atoms with Crippen LogP contribution in [0.5, 0.6) is 5.75 Å². The maximum atomic E-state index is 13.5. The molecule has 5 nitrogen and oxygen atoms in total. The number of carbonyl (C=O) groups is 1. The molecular weight excluding hydrogens is 352 g/mol. The second-order valence-electron chi connectivity index (χ2n) is 7.95. The molecule has 28 heavy (non-hydrogen) atoms. The van der Waals surface area contributed by atoms with Gasteiger partial charge >= 0.3 is 0 Å². The Morgan fingerprint density at radius 2 is 1.86 bits per heavy atom. The summed E-state index contributed by atoms with van der Waals surface area (Å²) in [5.41, 5.74) is 1.89. The Morgan fingerprint density at radius 3 is 2.54 bits per heavy atom. The van der Waals surface area contributed by atoms with Crippen molar-refractivity contribution in [1.29, 1.82) is 0 Å². The molecule has 2 aliphatic rings. The highest BCUT2D eigenvalue weighted by Gasteiger charge is 2.44. The number of pyridine rings is 1. The average Bonchev–Trinajstić information content (AvgIpc) is 3.40. The standard InChI is InChI=1S/C23H28N2O3/c1-27-20-6-4-19(5-7-20)23(10-2-3-11-23)22(26)25-21-16-28-15-18(21)14-17-8-12-24-13-9-17/h4-9,12-13,18,21H,2-3,10-11,14-16H2,1H3,(H,25,26)/t18-,21-/m1/s1. The quantitative estimate of drug-likeness (QED) is 0.836. The van der Waals surface area contributed by atoms with E-state index in [2.05, 4.69) is 10.3 Å². The summed E-state index contributed by atoms with van der Waals surface area (Å²) < 4.78 is 11.0. The fraction of sp³-hybridized carbons (Fsp3) is 0.478. The Kier molecular flexibility index (Phi) is 5.62. The van der Waals surface area contributed by atoms with Gasteiger partial charge in [0.25, 0.3) is 0 Å².